The third-order valence-corrected chi connectivity index (χ3v) is 2.79. The average Bonchev–Trinajstić information content (AvgIpc) is 2.26. The fourth-order valence-corrected chi connectivity index (χ4v) is 1.98. The molecule has 0 aliphatic heterocycles. The molecule has 0 fully saturated rings. The predicted molar refractivity (Wildman–Crippen MR) is 65.9 cm³/mol. The van der Waals surface area contributed by atoms with Crippen molar-refractivity contribution < 1.29 is 5.11 Å². The smallest absolute Gasteiger partial charge is 0.116 e. The second-order valence-corrected chi connectivity index (χ2v) is 4.14. The van der Waals surface area contributed by atoms with Gasteiger partial charge in [-0.3, -0.25) is 0 Å². The molecule has 0 aliphatic rings. The van der Waals surface area contributed by atoms with E-state index in [-0.39, 0.29) is 5.75 Å². The minimum atomic E-state index is 0.246. The van der Waals surface area contributed by atoms with E-state index in [0.717, 1.165) is 21.8 Å². The Labute approximate surface area is 97.1 Å². The standard InChI is InChI=1S/C13H8ClNO/c14-10-1-3-12-8(6-10)5-9-7-11(16)2-4-13(9)15-12/h1-7,16H. The SMILES string of the molecule is Oc1ccc2nc3ccc(Cl)cc3cc2c1. The molecule has 0 atom stereocenters. The summed E-state index contributed by atoms with van der Waals surface area (Å²) in [6.07, 6.45) is 0. The molecular weight excluding hydrogens is 222 g/mol. The maximum atomic E-state index is 9.40. The van der Waals surface area contributed by atoms with Gasteiger partial charge in [-0.05, 0) is 42.5 Å². The van der Waals surface area contributed by atoms with Gasteiger partial charge in [-0.1, -0.05) is 11.6 Å². The summed E-state index contributed by atoms with van der Waals surface area (Å²) in [6.45, 7) is 0. The van der Waals surface area contributed by atoms with Crippen LogP contribution < -0.4 is 0 Å². The van der Waals surface area contributed by atoms with Crippen molar-refractivity contribution in [1.29, 1.82) is 0 Å². The topological polar surface area (TPSA) is 33.1 Å². The summed E-state index contributed by atoms with van der Waals surface area (Å²) in [4.78, 5) is 4.49. The molecule has 2 nitrogen and oxygen atoms in total. The number of aromatic nitrogens is 1. The fourth-order valence-electron chi connectivity index (χ4n) is 1.80. The number of halogens is 1. The number of pyridine rings is 1. The summed E-state index contributed by atoms with van der Waals surface area (Å²) in [6, 6.07) is 12.7. The lowest BCUT2D eigenvalue weighted by Gasteiger charge is -2.02. The first kappa shape index (κ1) is 9.43. The third kappa shape index (κ3) is 1.48. The Morgan fingerprint density at radius 2 is 1.56 bits per heavy atom. The van der Waals surface area contributed by atoms with Gasteiger partial charge in [-0.25, -0.2) is 4.98 Å². The minimum Gasteiger partial charge on any atom is -0.508 e. The molecule has 1 aromatic heterocycles. The van der Waals surface area contributed by atoms with E-state index in [1.54, 1.807) is 18.2 Å². The maximum Gasteiger partial charge on any atom is 0.116 e. The summed E-state index contributed by atoms with van der Waals surface area (Å²) in [7, 11) is 0. The first-order valence-corrected chi connectivity index (χ1v) is 5.29. The molecule has 3 rings (SSSR count). The van der Waals surface area contributed by atoms with Gasteiger partial charge in [0.25, 0.3) is 0 Å². The van der Waals surface area contributed by atoms with Crippen molar-refractivity contribution in [2.45, 2.75) is 0 Å². The Balaban J connectivity index is 2.44. The highest BCUT2D eigenvalue weighted by atomic mass is 35.5. The number of phenols is 1. The summed E-state index contributed by atoms with van der Waals surface area (Å²) < 4.78 is 0. The molecular formula is C13H8ClNO. The van der Waals surface area contributed by atoms with Crippen LogP contribution in [0.1, 0.15) is 0 Å². The Morgan fingerprint density at radius 3 is 2.38 bits per heavy atom. The van der Waals surface area contributed by atoms with Crippen LogP contribution in [0, 0.1) is 0 Å². The normalized spacial score (nSPS) is 11.1. The zero-order chi connectivity index (χ0) is 11.1. The third-order valence-electron chi connectivity index (χ3n) is 2.55. The lowest BCUT2D eigenvalue weighted by atomic mass is 10.1. The van der Waals surface area contributed by atoms with Crippen molar-refractivity contribution in [3.63, 3.8) is 0 Å². The van der Waals surface area contributed by atoms with Crippen molar-refractivity contribution in [1.82, 2.24) is 4.98 Å². The van der Waals surface area contributed by atoms with Gasteiger partial charge in [0.1, 0.15) is 5.75 Å². The van der Waals surface area contributed by atoms with Crippen LogP contribution in [0.15, 0.2) is 42.5 Å². The van der Waals surface area contributed by atoms with Crippen molar-refractivity contribution in [2.24, 2.45) is 0 Å². The number of nitrogens with zero attached hydrogens (tertiary/aromatic N) is 1. The van der Waals surface area contributed by atoms with E-state index in [9.17, 15) is 5.11 Å². The van der Waals surface area contributed by atoms with Crippen LogP contribution in [-0.4, -0.2) is 10.1 Å². The van der Waals surface area contributed by atoms with Crippen LogP contribution in [0.5, 0.6) is 5.75 Å². The number of benzene rings is 2. The number of hydrogen-bond donors (Lipinski definition) is 1. The molecule has 0 saturated heterocycles. The van der Waals surface area contributed by atoms with Gasteiger partial charge in [-0.15, -0.1) is 0 Å². The average molecular weight is 230 g/mol. The molecule has 0 unspecified atom stereocenters. The molecule has 0 aliphatic carbocycles. The van der Waals surface area contributed by atoms with Gasteiger partial charge in [0.05, 0.1) is 11.0 Å². The number of phenolic OH excluding ortho intramolecular Hbond substituents is 1. The summed E-state index contributed by atoms with van der Waals surface area (Å²) >= 11 is 5.92. The number of fused-ring (bicyclic) bond motifs is 2. The first-order chi connectivity index (χ1) is 7.72. The largest absolute Gasteiger partial charge is 0.508 e. The van der Waals surface area contributed by atoms with E-state index in [2.05, 4.69) is 4.98 Å². The van der Waals surface area contributed by atoms with Gasteiger partial charge in [0, 0.05) is 15.8 Å². The van der Waals surface area contributed by atoms with Gasteiger partial charge in [0.15, 0.2) is 0 Å². The van der Waals surface area contributed by atoms with E-state index in [0.29, 0.717) is 5.02 Å². The van der Waals surface area contributed by atoms with Crippen LogP contribution in [0.4, 0.5) is 0 Å². The van der Waals surface area contributed by atoms with E-state index in [4.69, 9.17) is 11.6 Å². The van der Waals surface area contributed by atoms with Gasteiger partial charge < -0.3 is 5.11 Å². The zero-order valence-corrected chi connectivity index (χ0v) is 9.07. The Bertz CT molecular complexity index is 637. The quantitative estimate of drug-likeness (QED) is 0.596. The molecule has 1 N–H and O–H groups in total. The molecule has 3 aromatic rings. The monoisotopic (exact) mass is 229 g/mol. The molecule has 2 aromatic carbocycles. The predicted octanol–water partition coefficient (Wildman–Crippen LogP) is 3.75. The highest BCUT2D eigenvalue weighted by Crippen LogP contribution is 2.24. The fraction of sp³-hybridized carbons (Fsp3) is 0. The van der Waals surface area contributed by atoms with Crippen LogP contribution in [0.2, 0.25) is 5.02 Å². The van der Waals surface area contributed by atoms with Crippen LogP contribution in [0.3, 0.4) is 0 Å². The summed E-state index contributed by atoms with van der Waals surface area (Å²) in [5, 5.41) is 12.0. The molecule has 0 bridgehead atoms. The second kappa shape index (κ2) is 3.35. The van der Waals surface area contributed by atoms with E-state index >= 15 is 0 Å². The number of rotatable bonds is 0. The van der Waals surface area contributed by atoms with Gasteiger partial charge in [0.2, 0.25) is 0 Å². The molecule has 0 amide bonds. The second-order valence-electron chi connectivity index (χ2n) is 3.70. The number of aromatic hydroxyl groups is 1. The maximum absolute atomic E-state index is 9.40. The van der Waals surface area contributed by atoms with Crippen LogP contribution in [0.25, 0.3) is 21.8 Å². The Morgan fingerprint density at radius 1 is 0.875 bits per heavy atom. The Kier molecular flexibility index (Phi) is 1.98. The lowest BCUT2D eigenvalue weighted by Crippen LogP contribution is -1.82. The first-order valence-electron chi connectivity index (χ1n) is 4.91. The number of hydrogen-bond acceptors (Lipinski definition) is 2. The highest BCUT2D eigenvalue weighted by Gasteiger charge is 2.01. The van der Waals surface area contributed by atoms with Crippen LogP contribution in [-0.2, 0) is 0 Å². The van der Waals surface area contributed by atoms with Crippen molar-refractivity contribution in [2.75, 3.05) is 0 Å². The van der Waals surface area contributed by atoms with E-state index in [1.165, 1.54) is 0 Å². The molecule has 0 spiro atoms. The Hall–Kier alpha value is -1.80. The molecule has 0 saturated carbocycles. The molecule has 78 valence electrons. The van der Waals surface area contributed by atoms with Gasteiger partial charge in [-0.2, -0.15) is 0 Å². The molecule has 0 radical (unpaired) electrons. The summed E-state index contributed by atoms with van der Waals surface area (Å²) in [5.41, 5.74) is 1.77. The van der Waals surface area contributed by atoms with Gasteiger partial charge >= 0.3 is 0 Å². The van der Waals surface area contributed by atoms with Crippen molar-refractivity contribution in [3.8, 4) is 5.75 Å². The molecule has 16 heavy (non-hydrogen) atoms. The lowest BCUT2D eigenvalue weighted by molar-refractivity contribution is 0.476. The van der Waals surface area contributed by atoms with E-state index in [1.807, 2.05) is 24.3 Å². The van der Waals surface area contributed by atoms with E-state index < -0.39 is 0 Å². The highest BCUT2D eigenvalue weighted by molar-refractivity contribution is 6.31. The minimum absolute atomic E-state index is 0.246. The van der Waals surface area contributed by atoms with Crippen LogP contribution >= 0.6 is 11.6 Å². The molecule has 3 heteroatoms. The summed E-state index contributed by atoms with van der Waals surface area (Å²) in [5.74, 6) is 0.246. The molecule has 1 heterocycles. The van der Waals surface area contributed by atoms with Crippen molar-refractivity contribution in [3.05, 3.63) is 47.5 Å². The van der Waals surface area contributed by atoms with Crippen molar-refractivity contribution >= 4 is 33.4 Å². The zero-order valence-electron chi connectivity index (χ0n) is 8.31.